The van der Waals surface area contributed by atoms with Crippen molar-refractivity contribution in [1.29, 1.82) is 0 Å². The van der Waals surface area contributed by atoms with Crippen molar-refractivity contribution in [3.63, 3.8) is 0 Å². The normalized spacial score (nSPS) is 17.5. The Morgan fingerprint density at radius 2 is 2.06 bits per heavy atom. The quantitative estimate of drug-likeness (QED) is 0.369. The molecule has 2 aromatic rings. The highest BCUT2D eigenvalue weighted by Gasteiger charge is 2.16. The van der Waals surface area contributed by atoms with E-state index >= 15 is 0 Å². The van der Waals surface area contributed by atoms with Gasteiger partial charge >= 0.3 is 0 Å². The van der Waals surface area contributed by atoms with Crippen LogP contribution in [0.3, 0.4) is 0 Å². The van der Waals surface area contributed by atoms with E-state index in [1.54, 1.807) is 0 Å². The van der Waals surface area contributed by atoms with E-state index in [1.807, 2.05) is 30.3 Å². The maximum absolute atomic E-state index is 5.76. The first-order chi connectivity index (χ1) is 8.86. The summed E-state index contributed by atoms with van der Waals surface area (Å²) in [6.07, 6.45) is 4.80. The van der Waals surface area contributed by atoms with Crippen LogP contribution in [0.5, 0.6) is 0 Å². The van der Waals surface area contributed by atoms with Gasteiger partial charge in [-0.05, 0) is 25.0 Å². The largest absolute Gasteiger partial charge is 0.453 e. The van der Waals surface area contributed by atoms with Crippen LogP contribution in [0, 0.1) is 0 Å². The molecule has 0 saturated heterocycles. The average Bonchev–Trinajstić information content (AvgIpc) is 3.04. The van der Waals surface area contributed by atoms with E-state index in [0.717, 1.165) is 23.8 Å². The number of amidine groups is 1. The molecule has 0 unspecified atom stereocenters. The smallest absolute Gasteiger partial charge is 0.179 e. The molecule has 1 aromatic carbocycles. The second kappa shape index (κ2) is 4.82. The summed E-state index contributed by atoms with van der Waals surface area (Å²) in [5.74, 6) is 6.93. The molecule has 94 valence electrons. The van der Waals surface area contributed by atoms with E-state index in [-0.39, 0.29) is 0 Å². The zero-order chi connectivity index (χ0) is 12.4. The second-order valence-electron chi connectivity index (χ2n) is 4.71. The molecule has 1 aromatic heterocycles. The minimum Gasteiger partial charge on any atom is -0.453 e. The van der Waals surface area contributed by atoms with Crippen molar-refractivity contribution in [1.82, 2.24) is 5.43 Å². The van der Waals surface area contributed by atoms with Crippen molar-refractivity contribution < 1.29 is 4.42 Å². The van der Waals surface area contributed by atoms with Gasteiger partial charge in [0.25, 0.3) is 0 Å². The summed E-state index contributed by atoms with van der Waals surface area (Å²) in [5.41, 5.74) is 3.53. The fourth-order valence-corrected chi connectivity index (χ4v) is 2.49. The molecule has 1 heterocycles. The van der Waals surface area contributed by atoms with Crippen LogP contribution in [0.25, 0.3) is 11.0 Å². The summed E-state index contributed by atoms with van der Waals surface area (Å²) < 4.78 is 5.76. The van der Waals surface area contributed by atoms with Crippen LogP contribution in [0.2, 0.25) is 0 Å². The molecule has 3 N–H and O–H groups in total. The summed E-state index contributed by atoms with van der Waals surface area (Å²) in [7, 11) is 0. The van der Waals surface area contributed by atoms with E-state index in [4.69, 9.17) is 10.3 Å². The Hall–Kier alpha value is -1.81. The van der Waals surface area contributed by atoms with E-state index in [1.165, 1.54) is 12.8 Å². The molecule has 1 fully saturated rings. The third kappa shape index (κ3) is 2.11. The minimum atomic E-state index is 0.379. The van der Waals surface area contributed by atoms with Crippen LogP contribution in [0.4, 0.5) is 0 Å². The number of aliphatic imine (C=N–C) groups is 1. The lowest BCUT2D eigenvalue weighted by molar-refractivity contribution is 0.595. The van der Waals surface area contributed by atoms with Crippen LogP contribution in [0.1, 0.15) is 31.4 Å². The van der Waals surface area contributed by atoms with Gasteiger partial charge in [-0.15, -0.1) is 0 Å². The number of hydrazine groups is 1. The van der Waals surface area contributed by atoms with Crippen LogP contribution < -0.4 is 11.3 Å². The first kappa shape index (κ1) is 11.3. The van der Waals surface area contributed by atoms with Gasteiger partial charge in [0, 0.05) is 5.39 Å². The average molecular weight is 243 g/mol. The molecule has 1 saturated carbocycles. The van der Waals surface area contributed by atoms with Crippen LogP contribution in [0.15, 0.2) is 39.7 Å². The number of nitrogens with one attached hydrogen (secondary N) is 1. The molecule has 0 bridgehead atoms. The molecular weight excluding hydrogens is 226 g/mol. The highest BCUT2D eigenvalue weighted by atomic mass is 16.3. The second-order valence-corrected chi connectivity index (χ2v) is 4.71. The third-order valence-electron chi connectivity index (χ3n) is 3.43. The van der Waals surface area contributed by atoms with E-state index in [9.17, 15) is 0 Å². The predicted molar refractivity (Wildman–Crippen MR) is 72.3 cm³/mol. The third-order valence-corrected chi connectivity index (χ3v) is 3.43. The van der Waals surface area contributed by atoms with Crippen LogP contribution >= 0.6 is 0 Å². The molecule has 4 heteroatoms. The molecule has 0 atom stereocenters. The van der Waals surface area contributed by atoms with Gasteiger partial charge in [-0.1, -0.05) is 31.0 Å². The number of fused-ring (bicyclic) bond motifs is 1. The van der Waals surface area contributed by atoms with Gasteiger partial charge in [-0.2, -0.15) is 0 Å². The Balaban J connectivity index is 1.94. The van der Waals surface area contributed by atoms with Crippen molar-refractivity contribution in [2.75, 3.05) is 0 Å². The monoisotopic (exact) mass is 243 g/mol. The minimum absolute atomic E-state index is 0.379. The number of rotatable bonds is 2. The fraction of sp³-hybridized carbons (Fsp3) is 0.357. The molecule has 4 nitrogen and oxygen atoms in total. The van der Waals surface area contributed by atoms with Crippen molar-refractivity contribution in [3.8, 4) is 0 Å². The van der Waals surface area contributed by atoms with Crippen molar-refractivity contribution in [2.24, 2.45) is 10.8 Å². The number of para-hydroxylation sites is 1. The zero-order valence-electron chi connectivity index (χ0n) is 10.2. The lowest BCUT2D eigenvalue weighted by Crippen LogP contribution is -2.31. The Bertz CT molecular complexity index is 534. The first-order valence-corrected chi connectivity index (χ1v) is 6.40. The molecule has 0 aliphatic heterocycles. The number of hydrogen-bond donors (Lipinski definition) is 2. The number of nitrogens with zero attached hydrogens (tertiary/aromatic N) is 1. The Labute approximate surface area is 106 Å². The summed E-state index contributed by atoms with van der Waals surface area (Å²) in [5, 5.41) is 1.07. The van der Waals surface area contributed by atoms with Gasteiger partial charge in [0.15, 0.2) is 11.6 Å². The summed E-state index contributed by atoms with van der Waals surface area (Å²) >= 11 is 0. The van der Waals surface area contributed by atoms with E-state index < -0.39 is 0 Å². The maximum atomic E-state index is 5.76. The fourth-order valence-electron chi connectivity index (χ4n) is 2.49. The summed E-state index contributed by atoms with van der Waals surface area (Å²) in [6, 6.07) is 10.3. The molecule has 1 aliphatic carbocycles. The molecule has 1 aliphatic rings. The maximum Gasteiger partial charge on any atom is 0.179 e. The highest BCUT2D eigenvalue weighted by Crippen LogP contribution is 2.23. The Kier molecular flexibility index (Phi) is 3.02. The number of nitrogens with two attached hydrogens (primary N) is 1. The van der Waals surface area contributed by atoms with Crippen molar-refractivity contribution in [3.05, 3.63) is 36.1 Å². The Morgan fingerprint density at radius 1 is 1.28 bits per heavy atom. The number of benzene rings is 1. The van der Waals surface area contributed by atoms with Gasteiger partial charge in [-0.3, -0.25) is 4.99 Å². The van der Waals surface area contributed by atoms with E-state index in [0.29, 0.717) is 17.6 Å². The van der Waals surface area contributed by atoms with Crippen LogP contribution in [-0.4, -0.2) is 11.9 Å². The molecular formula is C14H17N3O. The van der Waals surface area contributed by atoms with Crippen molar-refractivity contribution >= 4 is 16.8 Å². The molecule has 0 spiro atoms. The number of hydrogen-bond acceptors (Lipinski definition) is 3. The Morgan fingerprint density at radius 3 is 2.78 bits per heavy atom. The van der Waals surface area contributed by atoms with Crippen molar-refractivity contribution in [2.45, 2.75) is 31.7 Å². The topological polar surface area (TPSA) is 63.5 Å². The van der Waals surface area contributed by atoms with Gasteiger partial charge in [0.1, 0.15) is 5.58 Å². The van der Waals surface area contributed by atoms with Gasteiger partial charge < -0.3 is 9.84 Å². The standard InChI is InChI=1S/C14H17N3O/c15-17-14(16-11-6-2-3-7-11)13-9-10-5-1-4-8-12(10)18-13/h1,4-5,8-9,11H,2-3,6-7,15H2,(H,16,17). The lowest BCUT2D eigenvalue weighted by atomic mass is 10.2. The molecule has 18 heavy (non-hydrogen) atoms. The SMILES string of the molecule is NNC(=NC1CCCC1)c1cc2ccccc2o1. The van der Waals surface area contributed by atoms with E-state index in [2.05, 4.69) is 10.4 Å². The van der Waals surface area contributed by atoms with Gasteiger partial charge in [0.05, 0.1) is 6.04 Å². The molecule has 0 amide bonds. The molecule has 0 radical (unpaired) electrons. The summed E-state index contributed by atoms with van der Waals surface area (Å²) in [4.78, 5) is 4.65. The number of furan rings is 1. The zero-order valence-corrected chi connectivity index (χ0v) is 10.2. The van der Waals surface area contributed by atoms with Gasteiger partial charge in [-0.25, -0.2) is 5.84 Å². The lowest BCUT2D eigenvalue weighted by Gasteiger charge is -2.06. The predicted octanol–water partition coefficient (Wildman–Crippen LogP) is 2.59. The summed E-state index contributed by atoms with van der Waals surface area (Å²) in [6.45, 7) is 0. The van der Waals surface area contributed by atoms with Crippen LogP contribution in [-0.2, 0) is 0 Å². The molecule has 3 rings (SSSR count). The van der Waals surface area contributed by atoms with Gasteiger partial charge in [0.2, 0.25) is 0 Å². The highest BCUT2D eigenvalue weighted by molar-refractivity contribution is 5.99. The first-order valence-electron chi connectivity index (χ1n) is 6.40.